The van der Waals surface area contributed by atoms with Crippen LogP contribution in [0.3, 0.4) is 0 Å². The summed E-state index contributed by atoms with van der Waals surface area (Å²) in [6, 6.07) is 13.4. The van der Waals surface area contributed by atoms with Gasteiger partial charge in [-0.1, -0.05) is 32.0 Å². The van der Waals surface area contributed by atoms with E-state index in [-0.39, 0.29) is 5.75 Å². The average molecular weight is 327 g/mol. The van der Waals surface area contributed by atoms with E-state index in [9.17, 15) is 5.11 Å². The molecule has 5 heteroatoms. The Bertz CT molecular complexity index is 712. The van der Waals surface area contributed by atoms with Gasteiger partial charge in [-0.05, 0) is 47.7 Å². The number of aliphatic imine (C=N–C) groups is 1. The van der Waals surface area contributed by atoms with Crippen molar-refractivity contribution >= 4 is 11.6 Å². The lowest BCUT2D eigenvalue weighted by atomic mass is 10.0. The van der Waals surface area contributed by atoms with Gasteiger partial charge in [0.1, 0.15) is 0 Å². The van der Waals surface area contributed by atoms with E-state index in [4.69, 9.17) is 10.5 Å². The number of benzene rings is 2. The first-order chi connectivity index (χ1) is 11.5. The molecule has 2 aromatic rings. The van der Waals surface area contributed by atoms with Gasteiger partial charge in [0.05, 0.1) is 7.11 Å². The van der Waals surface area contributed by atoms with Gasteiger partial charge in [0.2, 0.25) is 0 Å². The van der Waals surface area contributed by atoms with Crippen LogP contribution in [0.5, 0.6) is 11.5 Å². The molecule has 0 amide bonds. The van der Waals surface area contributed by atoms with Gasteiger partial charge >= 0.3 is 0 Å². The predicted molar refractivity (Wildman–Crippen MR) is 99.0 cm³/mol. The second-order valence-corrected chi connectivity index (χ2v) is 5.93. The third-order valence-corrected chi connectivity index (χ3v) is 3.75. The number of rotatable bonds is 6. The summed E-state index contributed by atoms with van der Waals surface area (Å²) in [5.74, 6) is 1.46. The minimum Gasteiger partial charge on any atom is -0.504 e. The summed E-state index contributed by atoms with van der Waals surface area (Å²) in [5.41, 5.74) is 9.17. The molecule has 0 fully saturated rings. The minimum atomic E-state index is 0.135. The second-order valence-electron chi connectivity index (χ2n) is 5.93. The number of anilines is 1. The van der Waals surface area contributed by atoms with Crippen LogP contribution in [0.25, 0.3) is 0 Å². The number of nitrogens with zero attached hydrogens (tertiary/aromatic N) is 1. The molecule has 0 aromatic heterocycles. The number of phenols is 1. The van der Waals surface area contributed by atoms with Crippen molar-refractivity contribution in [2.24, 2.45) is 10.7 Å². The molecule has 2 aromatic carbocycles. The Morgan fingerprint density at radius 1 is 1.25 bits per heavy atom. The summed E-state index contributed by atoms with van der Waals surface area (Å²) in [7, 11) is 1.53. The van der Waals surface area contributed by atoms with E-state index in [0.29, 0.717) is 30.6 Å². The Hall–Kier alpha value is -2.69. The van der Waals surface area contributed by atoms with Crippen LogP contribution in [0.15, 0.2) is 47.5 Å². The van der Waals surface area contributed by atoms with Crippen LogP contribution in [-0.4, -0.2) is 24.7 Å². The van der Waals surface area contributed by atoms with Crippen molar-refractivity contribution in [3.8, 4) is 11.5 Å². The molecule has 0 aliphatic rings. The Morgan fingerprint density at radius 2 is 2.04 bits per heavy atom. The molecule has 0 atom stereocenters. The molecule has 0 heterocycles. The van der Waals surface area contributed by atoms with Crippen LogP contribution in [0.4, 0.5) is 5.69 Å². The zero-order valence-electron chi connectivity index (χ0n) is 14.4. The van der Waals surface area contributed by atoms with Crippen LogP contribution in [0.2, 0.25) is 0 Å². The van der Waals surface area contributed by atoms with Crippen molar-refractivity contribution in [3.63, 3.8) is 0 Å². The van der Waals surface area contributed by atoms with Gasteiger partial charge in [0.15, 0.2) is 17.5 Å². The van der Waals surface area contributed by atoms with Gasteiger partial charge in [0, 0.05) is 12.2 Å². The number of phenolic OH excluding ortho intramolecular Hbond substituents is 1. The second kappa shape index (κ2) is 8.24. The first-order valence-corrected chi connectivity index (χ1v) is 8.02. The highest BCUT2D eigenvalue weighted by Gasteiger charge is 2.03. The molecule has 0 saturated heterocycles. The van der Waals surface area contributed by atoms with E-state index in [2.05, 4.69) is 36.3 Å². The van der Waals surface area contributed by atoms with E-state index in [1.54, 1.807) is 12.1 Å². The summed E-state index contributed by atoms with van der Waals surface area (Å²) < 4.78 is 5.10. The molecule has 0 aliphatic heterocycles. The molecule has 5 nitrogen and oxygen atoms in total. The normalized spacial score (nSPS) is 11.6. The van der Waals surface area contributed by atoms with Crippen LogP contribution >= 0.6 is 0 Å². The van der Waals surface area contributed by atoms with Crippen LogP contribution in [0, 0.1) is 0 Å². The standard InChI is InChI=1S/C19H25N3O2/c1-13(2)15-5-4-6-16(12-15)22-19(20)21-10-9-14-7-8-17(23)18(11-14)24-3/h4-8,11-13,23H,9-10H2,1-3H3,(H3,20,21,22). The van der Waals surface area contributed by atoms with Gasteiger partial charge in [-0.25, -0.2) is 0 Å². The molecular formula is C19H25N3O2. The number of nitrogens with one attached hydrogen (secondary N) is 1. The molecular weight excluding hydrogens is 302 g/mol. The maximum Gasteiger partial charge on any atom is 0.193 e. The van der Waals surface area contributed by atoms with Crippen molar-refractivity contribution in [3.05, 3.63) is 53.6 Å². The average Bonchev–Trinajstić information content (AvgIpc) is 2.56. The van der Waals surface area contributed by atoms with E-state index in [1.807, 2.05) is 18.2 Å². The van der Waals surface area contributed by atoms with Crippen LogP contribution < -0.4 is 15.8 Å². The summed E-state index contributed by atoms with van der Waals surface area (Å²) >= 11 is 0. The van der Waals surface area contributed by atoms with Crippen molar-refractivity contribution in [2.75, 3.05) is 19.0 Å². The molecule has 24 heavy (non-hydrogen) atoms. The fourth-order valence-corrected chi connectivity index (χ4v) is 2.35. The fraction of sp³-hybridized carbons (Fsp3) is 0.316. The summed E-state index contributed by atoms with van der Waals surface area (Å²) in [6.07, 6.45) is 0.713. The van der Waals surface area contributed by atoms with Crippen molar-refractivity contribution in [2.45, 2.75) is 26.2 Å². The lowest BCUT2D eigenvalue weighted by Gasteiger charge is -2.10. The highest BCUT2D eigenvalue weighted by atomic mass is 16.5. The molecule has 4 N–H and O–H groups in total. The molecule has 0 saturated carbocycles. The van der Waals surface area contributed by atoms with Gasteiger partial charge < -0.3 is 20.9 Å². The lowest BCUT2D eigenvalue weighted by molar-refractivity contribution is 0.373. The lowest BCUT2D eigenvalue weighted by Crippen LogP contribution is -2.23. The summed E-state index contributed by atoms with van der Waals surface area (Å²) in [5, 5.41) is 12.7. The zero-order chi connectivity index (χ0) is 17.5. The Kier molecular flexibility index (Phi) is 6.07. The predicted octanol–water partition coefficient (Wildman–Crippen LogP) is 3.49. The summed E-state index contributed by atoms with van der Waals surface area (Å²) in [4.78, 5) is 4.35. The largest absolute Gasteiger partial charge is 0.504 e. The number of nitrogens with two attached hydrogens (primary N) is 1. The molecule has 2 rings (SSSR count). The van der Waals surface area contributed by atoms with E-state index >= 15 is 0 Å². The van der Waals surface area contributed by atoms with E-state index < -0.39 is 0 Å². The molecule has 0 spiro atoms. The molecule has 0 bridgehead atoms. The number of guanidine groups is 1. The van der Waals surface area contributed by atoms with Crippen molar-refractivity contribution < 1.29 is 9.84 Å². The molecule has 0 radical (unpaired) electrons. The highest BCUT2D eigenvalue weighted by molar-refractivity contribution is 5.92. The molecule has 0 aliphatic carbocycles. The number of aromatic hydroxyl groups is 1. The number of hydrogen-bond donors (Lipinski definition) is 3. The zero-order valence-corrected chi connectivity index (χ0v) is 14.4. The number of hydrogen-bond acceptors (Lipinski definition) is 3. The van der Waals surface area contributed by atoms with Gasteiger partial charge in [-0.3, -0.25) is 4.99 Å². The molecule has 128 valence electrons. The highest BCUT2D eigenvalue weighted by Crippen LogP contribution is 2.26. The van der Waals surface area contributed by atoms with Gasteiger partial charge in [-0.2, -0.15) is 0 Å². The Labute approximate surface area is 143 Å². The molecule has 0 unspecified atom stereocenters. The van der Waals surface area contributed by atoms with Crippen molar-refractivity contribution in [1.82, 2.24) is 0 Å². The van der Waals surface area contributed by atoms with Crippen LogP contribution in [-0.2, 0) is 6.42 Å². The smallest absolute Gasteiger partial charge is 0.193 e. The SMILES string of the molecule is COc1cc(CCN=C(N)Nc2cccc(C(C)C)c2)ccc1O. The van der Waals surface area contributed by atoms with Crippen LogP contribution in [0.1, 0.15) is 30.9 Å². The maximum absolute atomic E-state index is 9.59. The topological polar surface area (TPSA) is 79.9 Å². The van der Waals surface area contributed by atoms with Gasteiger partial charge in [-0.15, -0.1) is 0 Å². The fourth-order valence-electron chi connectivity index (χ4n) is 2.35. The first-order valence-electron chi connectivity index (χ1n) is 8.02. The Morgan fingerprint density at radius 3 is 2.75 bits per heavy atom. The monoisotopic (exact) mass is 327 g/mol. The van der Waals surface area contributed by atoms with Crippen molar-refractivity contribution in [1.29, 1.82) is 0 Å². The summed E-state index contributed by atoms with van der Waals surface area (Å²) in [6.45, 7) is 4.86. The minimum absolute atomic E-state index is 0.135. The Balaban J connectivity index is 1.93. The third-order valence-electron chi connectivity index (χ3n) is 3.75. The maximum atomic E-state index is 9.59. The third kappa shape index (κ3) is 4.91. The number of methoxy groups -OCH3 is 1. The van der Waals surface area contributed by atoms with E-state index in [1.165, 1.54) is 12.7 Å². The quantitative estimate of drug-likeness (QED) is 0.560. The van der Waals surface area contributed by atoms with E-state index in [0.717, 1.165) is 11.3 Å². The first kappa shape index (κ1) is 17.7. The van der Waals surface area contributed by atoms with Gasteiger partial charge in [0.25, 0.3) is 0 Å². The number of ether oxygens (including phenoxy) is 1.